The molecule has 1 aliphatic rings. The summed E-state index contributed by atoms with van der Waals surface area (Å²) in [7, 11) is 0. The average molecular weight is 350 g/mol. The van der Waals surface area contributed by atoms with E-state index >= 15 is 0 Å². The zero-order chi connectivity index (χ0) is 16.4. The number of carbonyl (C=O) groups is 1. The molecule has 1 aliphatic heterocycles. The van der Waals surface area contributed by atoms with Gasteiger partial charge in [0.05, 0.1) is 21.4 Å². The number of amides is 1. The Kier molecular flexibility index (Phi) is 4.64. The van der Waals surface area contributed by atoms with Crippen LogP contribution in [0.15, 0.2) is 36.4 Å². The molecule has 0 atom stereocenters. The third-order valence-corrected chi connectivity index (χ3v) is 4.64. The molecule has 0 unspecified atom stereocenters. The van der Waals surface area contributed by atoms with Gasteiger partial charge in [0.2, 0.25) is 0 Å². The Morgan fingerprint density at radius 2 is 1.78 bits per heavy atom. The minimum absolute atomic E-state index is 0.241. The molecule has 120 valence electrons. The highest BCUT2D eigenvalue weighted by Gasteiger charge is 2.18. The van der Waals surface area contributed by atoms with Crippen molar-refractivity contribution in [2.45, 2.75) is 12.8 Å². The quantitative estimate of drug-likeness (QED) is 0.806. The number of nitrogens with two attached hydrogens (primary N) is 1. The topological polar surface area (TPSA) is 58.4 Å². The van der Waals surface area contributed by atoms with Crippen molar-refractivity contribution >= 4 is 46.2 Å². The summed E-state index contributed by atoms with van der Waals surface area (Å²) >= 11 is 11.9. The predicted molar refractivity (Wildman–Crippen MR) is 96.7 cm³/mol. The fourth-order valence-corrected chi connectivity index (χ4v) is 3.02. The van der Waals surface area contributed by atoms with Crippen molar-refractivity contribution in [2.75, 3.05) is 29.0 Å². The van der Waals surface area contributed by atoms with Crippen LogP contribution in [-0.4, -0.2) is 19.0 Å². The van der Waals surface area contributed by atoms with Crippen LogP contribution in [0.5, 0.6) is 0 Å². The molecule has 6 heteroatoms. The van der Waals surface area contributed by atoms with Gasteiger partial charge in [-0.2, -0.15) is 0 Å². The summed E-state index contributed by atoms with van der Waals surface area (Å²) in [4.78, 5) is 14.7. The number of halogens is 2. The molecule has 1 amide bonds. The first-order valence-electron chi connectivity index (χ1n) is 7.45. The number of hydrogen-bond donors (Lipinski definition) is 2. The number of nitrogens with zero attached hydrogens (tertiary/aromatic N) is 1. The van der Waals surface area contributed by atoms with Crippen LogP contribution >= 0.6 is 23.2 Å². The van der Waals surface area contributed by atoms with Crippen LogP contribution in [0.2, 0.25) is 10.0 Å². The van der Waals surface area contributed by atoms with E-state index in [-0.39, 0.29) is 5.91 Å². The van der Waals surface area contributed by atoms with E-state index in [0.717, 1.165) is 31.6 Å². The van der Waals surface area contributed by atoms with E-state index < -0.39 is 0 Å². The smallest absolute Gasteiger partial charge is 0.255 e. The van der Waals surface area contributed by atoms with Gasteiger partial charge in [-0.3, -0.25) is 4.79 Å². The zero-order valence-corrected chi connectivity index (χ0v) is 14.0. The van der Waals surface area contributed by atoms with Crippen molar-refractivity contribution in [3.63, 3.8) is 0 Å². The molecular formula is C17H17Cl2N3O. The maximum atomic E-state index is 12.5. The van der Waals surface area contributed by atoms with Crippen molar-refractivity contribution < 1.29 is 4.79 Å². The van der Waals surface area contributed by atoms with Gasteiger partial charge in [0, 0.05) is 24.3 Å². The summed E-state index contributed by atoms with van der Waals surface area (Å²) in [6.45, 7) is 1.97. The van der Waals surface area contributed by atoms with Crippen LogP contribution in [-0.2, 0) is 0 Å². The van der Waals surface area contributed by atoms with Crippen LogP contribution < -0.4 is 16.0 Å². The molecule has 0 spiro atoms. The summed E-state index contributed by atoms with van der Waals surface area (Å²) in [6.07, 6.45) is 2.31. The van der Waals surface area contributed by atoms with Crippen LogP contribution in [0, 0.1) is 0 Å². The molecule has 0 bridgehead atoms. The number of rotatable bonds is 3. The molecule has 1 saturated heterocycles. The van der Waals surface area contributed by atoms with Crippen molar-refractivity contribution in [1.29, 1.82) is 0 Å². The van der Waals surface area contributed by atoms with Crippen molar-refractivity contribution in [3.05, 3.63) is 52.0 Å². The standard InChI is InChI=1S/C17H17Cl2N3O/c18-13-5-3-11(9-14(13)19)17(23)21-15-10-12(20)4-6-16(15)22-7-1-2-8-22/h3-6,9-10H,1-2,7-8,20H2,(H,21,23). The van der Waals surface area contributed by atoms with Crippen LogP contribution in [0.4, 0.5) is 17.1 Å². The van der Waals surface area contributed by atoms with E-state index in [1.54, 1.807) is 24.3 Å². The molecule has 4 nitrogen and oxygen atoms in total. The SMILES string of the molecule is Nc1ccc(N2CCCC2)c(NC(=O)c2ccc(Cl)c(Cl)c2)c1. The highest BCUT2D eigenvalue weighted by Crippen LogP contribution is 2.31. The Balaban J connectivity index is 1.87. The monoisotopic (exact) mass is 349 g/mol. The van der Waals surface area contributed by atoms with Gasteiger partial charge in [0.25, 0.3) is 5.91 Å². The number of anilines is 3. The molecule has 3 rings (SSSR count). The lowest BCUT2D eigenvalue weighted by atomic mass is 10.2. The Hall–Kier alpha value is -1.91. The normalized spacial score (nSPS) is 14.1. The molecule has 1 fully saturated rings. The van der Waals surface area contributed by atoms with Gasteiger partial charge in [0.1, 0.15) is 0 Å². The van der Waals surface area contributed by atoms with Crippen molar-refractivity contribution in [3.8, 4) is 0 Å². The average Bonchev–Trinajstić information content (AvgIpc) is 3.04. The first-order valence-corrected chi connectivity index (χ1v) is 8.21. The van der Waals surface area contributed by atoms with Gasteiger partial charge < -0.3 is 16.0 Å². The van der Waals surface area contributed by atoms with Gasteiger partial charge in [-0.25, -0.2) is 0 Å². The lowest BCUT2D eigenvalue weighted by Gasteiger charge is -2.22. The Labute approximate surface area is 145 Å². The second-order valence-electron chi connectivity index (χ2n) is 5.55. The third-order valence-electron chi connectivity index (χ3n) is 3.90. The summed E-state index contributed by atoms with van der Waals surface area (Å²) in [5, 5.41) is 3.70. The van der Waals surface area contributed by atoms with Gasteiger partial charge in [0.15, 0.2) is 0 Å². The lowest BCUT2D eigenvalue weighted by Crippen LogP contribution is -2.21. The fourth-order valence-electron chi connectivity index (χ4n) is 2.72. The number of carbonyl (C=O) groups excluding carboxylic acids is 1. The minimum Gasteiger partial charge on any atom is -0.399 e. The maximum Gasteiger partial charge on any atom is 0.255 e. The van der Waals surface area contributed by atoms with E-state index in [1.165, 1.54) is 0 Å². The highest BCUT2D eigenvalue weighted by atomic mass is 35.5. The minimum atomic E-state index is -0.241. The van der Waals surface area contributed by atoms with Crippen LogP contribution in [0.3, 0.4) is 0 Å². The Morgan fingerprint density at radius 3 is 2.48 bits per heavy atom. The van der Waals surface area contributed by atoms with Crippen molar-refractivity contribution in [1.82, 2.24) is 0 Å². The predicted octanol–water partition coefficient (Wildman–Crippen LogP) is 4.43. The van der Waals surface area contributed by atoms with Gasteiger partial charge in [-0.15, -0.1) is 0 Å². The molecule has 3 N–H and O–H groups in total. The van der Waals surface area contributed by atoms with E-state index in [0.29, 0.717) is 27.0 Å². The van der Waals surface area contributed by atoms with E-state index in [2.05, 4.69) is 10.2 Å². The lowest BCUT2D eigenvalue weighted by molar-refractivity contribution is 0.102. The van der Waals surface area contributed by atoms with Crippen LogP contribution in [0.1, 0.15) is 23.2 Å². The molecule has 0 saturated carbocycles. The third kappa shape index (κ3) is 3.54. The first-order chi connectivity index (χ1) is 11.0. The molecule has 0 aromatic heterocycles. The number of benzene rings is 2. The molecule has 23 heavy (non-hydrogen) atoms. The molecule has 2 aromatic rings. The summed E-state index contributed by atoms with van der Waals surface area (Å²) in [5.74, 6) is -0.241. The summed E-state index contributed by atoms with van der Waals surface area (Å²) in [5.41, 5.74) is 8.64. The molecular weight excluding hydrogens is 333 g/mol. The van der Waals surface area contributed by atoms with Gasteiger partial charge in [-0.05, 0) is 49.2 Å². The van der Waals surface area contributed by atoms with Crippen LogP contribution in [0.25, 0.3) is 0 Å². The summed E-state index contributed by atoms with van der Waals surface area (Å²) < 4.78 is 0. The first kappa shape index (κ1) is 16.0. The maximum absolute atomic E-state index is 12.5. The number of nitrogens with one attached hydrogen (secondary N) is 1. The molecule has 0 aliphatic carbocycles. The second-order valence-corrected chi connectivity index (χ2v) is 6.37. The second kappa shape index (κ2) is 6.69. The van der Waals surface area contributed by atoms with E-state index in [1.807, 2.05) is 12.1 Å². The molecule has 0 radical (unpaired) electrons. The fraction of sp³-hybridized carbons (Fsp3) is 0.235. The zero-order valence-electron chi connectivity index (χ0n) is 12.5. The molecule has 1 heterocycles. The number of hydrogen-bond acceptors (Lipinski definition) is 3. The Morgan fingerprint density at radius 1 is 1.04 bits per heavy atom. The summed E-state index contributed by atoms with van der Waals surface area (Å²) in [6, 6.07) is 10.4. The van der Waals surface area contributed by atoms with Crippen molar-refractivity contribution in [2.24, 2.45) is 0 Å². The highest BCUT2D eigenvalue weighted by molar-refractivity contribution is 6.42. The molecule has 2 aromatic carbocycles. The van der Waals surface area contributed by atoms with Gasteiger partial charge in [-0.1, -0.05) is 23.2 Å². The van der Waals surface area contributed by atoms with E-state index in [4.69, 9.17) is 28.9 Å². The largest absolute Gasteiger partial charge is 0.399 e. The van der Waals surface area contributed by atoms with Gasteiger partial charge >= 0.3 is 0 Å². The number of nitrogen functional groups attached to an aromatic ring is 1. The van der Waals surface area contributed by atoms with E-state index in [9.17, 15) is 4.79 Å². The Bertz CT molecular complexity index is 743.